The van der Waals surface area contributed by atoms with Crippen LogP contribution in [0.2, 0.25) is 0 Å². The molecule has 112 valence electrons. The van der Waals surface area contributed by atoms with Gasteiger partial charge in [0.1, 0.15) is 5.75 Å². The molecule has 2 aromatic rings. The molecule has 0 atom stereocenters. The van der Waals surface area contributed by atoms with Gasteiger partial charge in [-0.15, -0.1) is 0 Å². The summed E-state index contributed by atoms with van der Waals surface area (Å²) in [5.41, 5.74) is 3.32. The van der Waals surface area contributed by atoms with Crippen molar-refractivity contribution in [1.29, 1.82) is 0 Å². The molecule has 21 heavy (non-hydrogen) atoms. The van der Waals surface area contributed by atoms with Gasteiger partial charge in [0.2, 0.25) is 0 Å². The molecule has 0 saturated heterocycles. The molecule has 2 heteroatoms. The molecule has 0 N–H and O–H groups in total. The predicted molar refractivity (Wildman–Crippen MR) is 88.7 cm³/mol. The van der Waals surface area contributed by atoms with Crippen LogP contribution in [-0.4, -0.2) is 11.6 Å². The first-order valence-electron chi connectivity index (χ1n) is 7.95. The Kier molecular flexibility index (Phi) is 6.26. The third-order valence-corrected chi connectivity index (χ3v) is 3.58. The number of pyridine rings is 1. The second kappa shape index (κ2) is 8.46. The van der Waals surface area contributed by atoms with Gasteiger partial charge in [0.05, 0.1) is 12.3 Å². The Hall–Kier alpha value is -1.83. The summed E-state index contributed by atoms with van der Waals surface area (Å²) in [6, 6.07) is 12.3. The Morgan fingerprint density at radius 3 is 2.33 bits per heavy atom. The summed E-state index contributed by atoms with van der Waals surface area (Å²) in [5.74, 6) is 0.946. The highest BCUT2D eigenvalue weighted by atomic mass is 16.5. The van der Waals surface area contributed by atoms with Gasteiger partial charge in [0.25, 0.3) is 0 Å². The molecule has 0 radical (unpaired) electrons. The van der Waals surface area contributed by atoms with E-state index in [9.17, 15) is 0 Å². The van der Waals surface area contributed by atoms with Gasteiger partial charge < -0.3 is 4.74 Å². The molecule has 1 aromatic carbocycles. The predicted octanol–water partition coefficient (Wildman–Crippen LogP) is 5.41. The summed E-state index contributed by atoms with van der Waals surface area (Å²) in [7, 11) is 0. The molecule has 0 saturated carbocycles. The molecule has 0 aliphatic carbocycles. The zero-order chi connectivity index (χ0) is 14.9. The average Bonchev–Trinajstić information content (AvgIpc) is 2.52. The van der Waals surface area contributed by atoms with Crippen molar-refractivity contribution in [2.45, 2.75) is 46.0 Å². The molecule has 2 rings (SSSR count). The van der Waals surface area contributed by atoms with Crippen LogP contribution in [0.15, 0.2) is 42.6 Å². The maximum absolute atomic E-state index is 5.78. The van der Waals surface area contributed by atoms with Gasteiger partial charge in [-0.1, -0.05) is 38.7 Å². The Morgan fingerprint density at radius 2 is 1.67 bits per heavy atom. The molecule has 2 nitrogen and oxygen atoms in total. The number of unbranched alkanes of at least 4 members (excludes halogenated alkanes) is 4. The SMILES string of the molecule is CCCCCCCOc1ccc(-c2ccc(C)cn2)cc1. The van der Waals surface area contributed by atoms with E-state index < -0.39 is 0 Å². The van der Waals surface area contributed by atoms with Crippen LogP contribution in [0.4, 0.5) is 0 Å². The minimum atomic E-state index is 0.811. The number of ether oxygens (including phenoxy) is 1. The summed E-state index contributed by atoms with van der Waals surface area (Å²) in [4.78, 5) is 4.44. The third-order valence-electron chi connectivity index (χ3n) is 3.58. The fraction of sp³-hybridized carbons (Fsp3) is 0.421. The molecule has 0 bridgehead atoms. The molecular formula is C19H25NO. The number of aromatic nitrogens is 1. The van der Waals surface area contributed by atoms with Gasteiger partial charge in [-0.05, 0) is 49.2 Å². The smallest absolute Gasteiger partial charge is 0.119 e. The summed E-state index contributed by atoms with van der Waals surface area (Å²) in [5, 5.41) is 0. The van der Waals surface area contributed by atoms with Gasteiger partial charge in [-0.3, -0.25) is 4.98 Å². The second-order valence-electron chi connectivity index (χ2n) is 5.51. The van der Waals surface area contributed by atoms with E-state index in [2.05, 4.69) is 36.2 Å². The van der Waals surface area contributed by atoms with Crippen LogP contribution in [0.1, 0.15) is 44.6 Å². The third kappa shape index (κ3) is 5.22. The molecular weight excluding hydrogens is 258 g/mol. The minimum absolute atomic E-state index is 0.811. The van der Waals surface area contributed by atoms with Crippen molar-refractivity contribution in [2.24, 2.45) is 0 Å². The lowest BCUT2D eigenvalue weighted by molar-refractivity contribution is 0.304. The van der Waals surface area contributed by atoms with Crippen molar-refractivity contribution in [3.8, 4) is 17.0 Å². The van der Waals surface area contributed by atoms with Crippen molar-refractivity contribution in [3.05, 3.63) is 48.2 Å². The van der Waals surface area contributed by atoms with Crippen molar-refractivity contribution in [1.82, 2.24) is 4.98 Å². The number of nitrogens with zero attached hydrogens (tertiary/aromatic N) is 1. The molecule has 0 aliphatic heterocycles. The summed E-state index contributed by atoms with van der Waals surface area (Å²) < 4.78 is 5.78. The largest absolute Gasteiger partial charge is 0.494 e. The lowest BCUT2D eigenvalue weighted by atomic mass is 10.1. The van der Waals surface area contributed by atoms with Gasteiger partial charge in [-0.25, -0.2) is 0 Å². The van der Waals surface area contributed by atoms with Crippen molar-refractivity contribution < 1.29 is 4.74 Å². The van der Waals surface area contributed by atoms with E-state index in [0.717, 1.165) is 30.0 Å². The topological polar surface area (TPSA) is 22.1 Å². The number of hydrogen-bond acceptors (Lipinski definition) is 2. The fourth-order valence-corrected chi connectivity index (χ4v) is 2.26. The normalized spacial score (nSPS) is 10.6. The first-order chi connectivity index (χ1) is 10.3. The lowest BCUT2D eigenvalue weighted by Gasteiger charge is -2.07. The number of hydrogen-bond donors (Lipinski definition) is 0. The highest BCUT2D eigenvalue weighted by Crippen LogP contribution is 2.21. The first-order valence-corrected chi connectivity index (χ1v) is 7.95. The van der Waals surface area contributed by atoms with Gasteiger partial charge in [0.15, 0.2) is 0 Å². The maximum atomic E-state index is 5.78. The number of rotatable bonds is 8. The molecule has 1 heterocycles. The Morgan fingerprint density at radius 1 is 0.905 bits per heavy atom. The monoisotopic (exact) mass is 283 g/mol. The van der Waals surface area contributed by atoms with Crippen LogP contribution in [0.5, 0.6) is 5.75 Å². The Labute approximate surface area is 128 Å². The van der Waals surface area contributed by atoms with Crippen LogP contribution in [0, 0.1) is 6.92 Å². The highest BCUT2D eigenvalue weighted by molar-refractivity contribution is 5.59. The molecule has 0 unspecified atom stereocenters. The second-order valence-corrected chi connectivity index (χ2v) is 5.51. The number of benzene rings is 1. The standard InChI is InChI=1S/C19H25NO/c1-3-4-5-6-7-14-21-18-11-9-17(10-12-18)19-13-8-16(2)15-20-19/h8-13,15H,3-7,14H2,1-2H3. The van der Waals surface area contributed by atoms with Gasteiger partial charge in [0, 0.05) is 11.8 Å². The molecule has 1 aromatic heterocycles. The highest BCUT2D eigenvalue weighted by Gasteiger charge is 2.00. The van der Waals surface area contributed by atoms with Crippen molar-refractivity contribution in [2.75, 3.05) is 6.61 Å². The van der Waals surface area contributed by atoms with Crippen LogP contribution >= 0.6 is 0 Å². The molecule has 0 fully saturated rings. The van der Waals surface area contributed by atoms with Crippen LogP contribution < -0.4 is 4.74 Å². The zero-order valence-corrected chi connectivity index (χ0v) is 13.1. The fourth-order valence-electron chi connectivity index (χ4n) is 2.26. The summed E-state index contributed by atoms with van der Waals surface area (Å²) in [6.45, 7) is 5.10. The van der Waals surface area contributed by atoms with Crippen LogP contribution in [0.25, 0.3) is 11.3 Å². The quantitative estimate of drug-likeness (QED) is 0.605. The van der Waals surface area contributed by atoms with Crippen LogP contribution in [0.3, 0.4) is 0 Å². The van der Waals surface area contributed by atoms with E-state index in [1.165, 1.54) is 31.2 Å². The van der Waals surface area contributed by atoms with E-state index in [0.29, 0.717) is 0 Å². The number of aryl methyl sites for hydroxylation is 1. The van der Waals surface area contributed by atoms with E-state index in [4.69, 9.17) is 4.74 Å². The minimum Gasteiger partial charge on any atom is -0.494 e. The molecule has 0 spiro atoms. The first kappa shape index (κ1) is 15.6. The average molecular weight is 283 g/mol. The van der Waals surface area contributed by atoms with E-state index in [-0.39, 0.29) is 0 Å². The lowest BCUT2D eigenvalue weighted by Crippen LogP contribution is -1.97. The van der Waals surface area contributed by atoms with E-state index in [1.54, 1.807) is 0 Å². The maximum Gasteiger partial charge on any atom is 0.119 e. The van der Waals surface area contributed by atoms with Gasteiger partial charge in [-0.2, -0.15) is 0 Å². The van der Waals surface area contributed by atoms with E-state index >= 15 is 0 Å². The molecule has 0 aliphatic rings. The van der Waals surface area contributed by atoms with Gasteiger partial charge >= 0.3 is 0 Å². The summed E-state index contributed by atoms with van der Waals surface area (Å²) in [6.07, 6.45) is 8.24. The van der Waals surface area contributed by atoms with E-state index in [1.807, 2.05) is 25.3 Å². The molecule has 0 amide bonds. The zero-order valence-electron chi connectivity index (χ0n) is 13.1. The van der Waals surface area contributed by atoms with Crippen molar-refractivity contribution >= 4 is 0 Å². The van der Waals surface area contributed by atoms with Crippen molar-refractivity contribution in [3.63, 3.8) is 0 Å². The van der Waals surface area contributed by atoms with Crippen LogP contribution in [-0.2, 0) is 0 Å². The summed E-state index contributed by atoms with van der Waals surface area (Å²) >= 11 is 0. The Balaban J connectivity index is 1.80. The Bertz CT molecular complexity index is 516.